The number of hydrogen-bond donors (Lipinski definition) is 0. The first-order valence-electron chi connectivity index (χ1n) is 4.15. The molecule has 0 unspecified atom stereocenters. The van der Waals surface area contributed by atoms with Crippen molar-refractivity contribution >= 4 is 5.91 Å². The highest BCUT2D eigenvalue weighted by molar-refractivity contribution is 5.78. The highest BCUT2D eigenvalue weighted by Crippen LogP contribution is 2.17. The van der Waals surface area contributed by atoms with Gasteiger partial charge in [0.25, 0.3) is 0 Å². The summed E-state index contributed by atoms with van der Waals surface area (Å²) in [5.74, 6) is 0.0109. The maximum absolute atomic E-state index is 11.2. The molecule has 0 aromatic rings. The highest BCUT2D eigenvalue weighted by atomic mass is 16.2. The van der Waals surface area contributed by atoms with Gasteiger partial charge in [-0.2, -0.15) is 0 Å². The molecule has 1 rings (SSSR count). The molecular formula is C11H13NO. The van der Waals surface area contributed by atoms with Crippen molar-refractivity contribution in [1.29, 1.82) is 0 Å². The Hall–Kier alpha value is -1.57. The van der Waals surface area contributed by atoms with Crippen LogP contribution in [0.1, 0.15) is 13.8 Å². The van der Waals surface area contributed by atoms with E-state index >= 15 is 0 Å². The van der Waals surface area contributed by atoms with Gasteiger partial charge in [0.1, 0.15) is 0 Å². The molecule has 2 heteroatoms. The number of nitrogens with zero attached hydrogens (tertiary/aromatic N) is 1. The van der Waals surface area contributed by atoms with Crippen LogP contribution in [0.25, 0.3) is 0 Å². The van der Waals surface area contributed by atoms with E-state index in [1.165, 1.54) is 0 Å². The van der Waals surface area contributed by atoms with Gasteiger partial charge in [-0.1, -0.05) is 18.7 Å². The summed E-state index contributed by atoms with van der Waals surface area (Å²) >= 11 is 0. The summed E-state index contributed by atoms with van der Waals surface area (Å²) in [6.45, 7) is 7.15. The first kappa shape index (κ1) is 9.52. The van der Waals surface area contributed by atoms with Gasteiger partial charge in [-0.25, -0.2) is 0 Å². The van der Waals surface area contributed by atoms with Gasteiger partial charge in [-0.15, -0.1) is 0 Å². The van der Waals surface area contributed by atoms with Crippen LogP contribution in [0.4, 0.5) is 0 Å². The third-order valence-electron chi connectivity index (χ3n) is 1.91. The van der Waals surface area contributed by atoms with Crippen LogP contribution in [0.15, 0.2) is 48.4 Å². The van der Waals surface area contributed by atoms with Gasteiger partial charge in [0, 0.05) is 13.1 Å². The topological polar surface area (TPSA) is 20.3 Å². The average molecular weight is 175 g/mol. The van der Waals surface area contributed by atoms with Crippen molar-refractivity contribution in [2.45, 2.75) is 13.8 Å². The maximum Gasteiger partial charge on any atom is 0.227 e. The number of allylic oxidation sites excluding steroid dienone is 5. The van der Waals surface area contributed by atoms with E-state index in [1.807, 2.05) is 25.2 Å². The monoisotopic (exact) mass is 175 g/mol. The Morgan fingerprint density at radius 2 is 2.15 bits per heavy atom. The van der Waals surface area contributed by atoms with Gasteiger partial charge in [0.15, 0.2) is 0 Å². The minimum absolute atomic E-state index is 0.0109. The number of hydrogen-bond acceptors (Lipinski definition) is 1. The first-order valence-corrected chi connectivity index (χ1v) is 4.15. The Kier molecular flexibility index (Phi) is 2.85. The lowest BCUT2D eigenvalue weighted by molar-refractivity contribution is -0.124. The Labute approximate surface area is 78.5 Å². The van der Waals surface area contributed by atoms with Crippen molar-refractivity contribution in [3.8, 4) is 0 Å². The van der Waals surface area contributed by atoms with Gasteiger partial charge in [0.05, 0.1) is 5.70 Å². The van der Waals surface area contributed by atoms with E-state index in [9.17, 15) is 4.79 Å². The molecule has 0 saturated heterocycles. The first-order chi connectivity index (χ1) is 6.16. The molecule has 0 bridgehead atoms. The summed E-state index contributed by atoms with van der Waals surface area (Å²) in [5.41, 5.74) is 1.89. The Morgan fingerprint density at radius 3 is 2.69 bits per heavy atom. The van der Waals surface area contributed by atoms with Crippen molar-refractivity contribution in [3.05, 3.63) is 48.4 Å². The Morgan fingerprint density at radius 1 is 1.46 bits per heavy atom. The van der Waals surface area contributed by atoms with Crippen LogP contribution in [0.2, 0.25) is 0 Å². The van der Waals surface area contributed by atoms with Gasteiger partial charge in [-0.05, 0) is 24.6 Å². The molecule has 13 heavy (non-hydrogen) atoms. The zero-order valence-electron chi connectivity index (χ0n) is 7.95. The Balaban J connectivity index is 3.09. The molecule has 2 nitrogen and oxygen atoms in total. The zero-order chi connectivity index (χ0) is 9.84. The number of rotatable bonds is 1. The molecule has 1 amide bonds. The lowest BCUT2D eigenvalue weighted by atomic mass is 10.1. The smallest absolute Gasteiger partial charge is 0.227 e. The molecular weight excluding hydrogens is 162 g/mol. The van der Waals surface area contributed by atoms with Crippen LogP contribution in [0.5, 0.6) is 0 Å². The summed E-state index contributed by atoms with van der Waals surface area (Å²) in [5, 5.41) is 0. The summed E-state index contributed by atoms with van der Waals surface area (Å²) < 4.78 is 0. The second-order valence-corrected chi connectivity index (χ2v) is 2.86. The third kappa shape index (κ3) is 1.96. The SMILES string of the molecule is C=CC(C)=C1C=CC=CN1C(C)=O. The minimum atomic E-state index is 0.0109. The van der Waals surface area contributed by atoms with Gasteiger partial charge < -0.3 is 0 Å². The van der Waals surface area contributed by atoms with Gasteiger partial charge in [-0.3, -0.25) is 9.69 Å². The predicted molar refractivity (Wildman–Crippen MR) is 53.7 cm³/mol. The van der Waals surface area contributed by atoms with E-state index in [4.69, 9.17) is 0 Å². The molecule has 0 spiro atoms. The van der Waals surface area contributed by atoms with Crippen LogP contribution in [0.3, 0.4) is 0 Å². The zero-order valence-corrected chi connectivity index (χ0v) is 7.95. The summed E-state index contributed by atoms with van der Waals surface area (Å²) in [6.07, 6.45) is 9.14. The molecule has 0 radical (unpaired) electrons. The van der Waals surface area contributed by atoms with Crippen molar-refractivity contribution in [2.24, 2.45) is 0 Å². The lowest BCUT2D eigenvalue weighted by Gasteiger charge is -2.21. The quantitative estimate of drug-likeness (QED) is 0.599. The van der Waals surface area contributed by atoms with E-state index < -0.39 is 0 Å². The summed E-state index contributed by atoms with van der Waals surface area (Å²) in [7, 11) is 0. The fourth-order valence-corrected chi connectivity index (χ4v) is 1.14. The number of amides is 1. The van der Waals surface area contributed by atoms with Gasteiger partial charge in [0.2, 0.25) is 5.91 Å². The fraction of sp³-hybridized carbons (Fsp3) is 0.182. The van der Waals surface area contributed by atoms with Crippen LogP contribution >= 0.6 is 0 Å². The molecule has 0 aromatic heterocycles. The van der Waals surface area contributed by atoms with Gasteiger partial charge >= 0.3 is 0 Å². The Bertz CT molecular complexity index is 321. The number of carbonyl (C=O) groups excluding carboxylic acids is 1. The van der Waals surface area contributed by atoms with Crippen LogP contribution < -0.4 is 0 Å². The van der Waals surface area contributed by atoms with E-state index in [0.29, 0.717) is 0 Å². The maximum atomic E-state index is 11.2. The molecule has 0 fully saturated rings. The van der Waals surface area contributed by atoms with E-state index in [1.54, 1.807) is 24.1 Å². The average Bonchev–Trinajstić information content (AvgIpc) is 2.16. The molecule has 0 saturated carbocycles. The van der Waals surface area contributed by atoms with Crippen molar-refractivity contribution in [1.82, 2.24) is 4.90 Å². The molecule has 68 valence electrons. The van der Waals surface area contributed by atoms with E-state index in [-0.39, 0.29) is 5.91 Å². The molecule has 1 heterocycles. The van der Waals surface area contributed by atoms with Crippen molar-refractivity contribution in [3.63, 3.8) is 0 Å². The van der Waals surface area contributed by atoms with Crippen LogP contribution in [0, 0.1) is 0 Å². The predicted octanol–water partition coefficient (Wildman–Crippen LogP) is 2.38. The molecule has 0 aliphatic carbocycles. The van der Waals surface area contributed by atoms with E-state index in [0.717, 1.165) is 11.3 Å². The fourth-order valence-electron chi connectivity index (χ4n) is 1.14. The van der Waals surface area contributed by atoms with E-state index in [2.05, 4.69) is 6.58 Å². The largest absolute Gasteiger partial charge is 0.288 e. The number of carbonyl (C=O) groups is 1. The normalized spacial score (nSPS) is 18.8. The second-order valence-electron chi connectivity index (χ2n) is 2.86. The summed E-state index contributed by atoms with van der Waals surface area (Å²) in [6, 6.07) is 0. The third-order valence-corrected chi connectivity index (χ3v) is 1.91. The molecule has 1 aliphatic heterocycles. The van der Waals surface area contributed by atoms with Crippen molar-refractivity contribution < 1.29 is 4.79 Å². The van der Waals surface area contributed by atoms with Crippen LogP contribution in [-0.4, -0.2) is 10.8 Å². The second kappa shape index (κ2) is 3.90. The highest BCUT2D eigenvalue weighted by Gasteiger charge is 2.12. The molecule has 0 atom stereocenters. The van der Waals surface area contributed by atoms with Crippen LogP contribution in [-0.2, 0) is 4.79 Å². The molecule has 0 aromatic carbocycles. The van der Waals surface area contributed by atoms with Crippen molar-refractivity contribution in [2.75, 3.05) is 0 Å². The molecule has 1 aliphatic rings. The lowest BCUT2D eigenvalue weighted by Crippen LogP contribution is -2.23. The standard InChI is InChI=1S/C11H13NO/c1-4-9(2)11-7-5-6-8-12(11)10(3)13/h4-8H,1H2,2-3H3. The minimum Gasteiger partial charge on any atom is -0.288 e. The summed E-state index contributed by atoms with van der Waals surface area (Å²) in [4.78, 5) is 12.8. The molecule has 0 N–H and O–H groups in total.